The van der Waals surface area contributed by atoms with Crippen LogP contribution in [0.15, 0.2) is 0 Å². The van der Waals surface area contributed by atoms with E-state index in [0.29, 0.717) is 0 Å². The van der Waals surface area contributed by atoms with Gasteiger partial charge in [0.1, 0.15) is 6.10 Å². The van der Waals surface area contributed by atoms with Crippen LogP contribution < -0.4 is 0 Å². The molecule has 1 aliphatic heterocycles. The predicted octanol–water partition coefficient (Wildman–Crippen LogP) is 4.72. The summed E-state index contributed by atoms with van der Waals surface area (Å²) in [6.45, 7) is 24.3. The number of ether oxygens (including phenoxy) is 4. The number of hydrogen-bond donors (Lipinski definition) is 2. The fraction of sp³-hybridized carbons (Fsp3) is 0.889. The van der Waals surface area contributed by atoms with E-state index in [2.05, 4.69) is 0 Å². The molecule has 41 heavy (non-hydrogen) atoms. The Balaban J connectivity index is 3.80. The van der Waals surface area contributed by atoms with Crippen LogP contribution >= 0.6 is 7.82 Å². The molecule has 0 aliphatic carbocycles. The van der Waals surface area contributed by atoms with Crippen LogP contribution in [0.3, 0.4) is 0 Å². The molecule has 12 nitrogen and oxygen atoms in total. The van der Waals surface area contributed by atoms with Gasteiger partial charge in [0, 0.05) is 0 Å². The van der Waals surface area contributed by atoms with E-state index in [9.17, 15) is 28.7 Å². The summed E-state index contributed by atoms with van der Waals surface area (Å²) in [5.41, 5.74) is -3.09. The summed E-state index contributed by atoms with van der Waals surface area (Å²) in [6, 6.07) is 0. The Hall–Kier alpha value is -1.34. The number of rotatable bonds is 8. The van der Waals surface area contributed by atoms with Crippen molar-refractivity contribution in [1.82, 2.24) is 0 Å². The summed E-state index contributed by atoms with van der Waals surface area (Å²) in [5, 5.41) is -0.218. The molecule has 240 valence electrons. The van der Waals surface area contributed by atoms with Crippen LogP contribution in [0.25, 0.3) is 0 Å². The molecule has 2 N–H and O–H groups in total. The van der Waals surface area contributed by atoms with Crippen LogP contribution in [0.2, 0.25) is 18.1 Å². The van der Waals surface area contributed by atoms with Gasteiger partial charge < -0.3 is 33.2 Å². The van der Waals surface area contributed by atoms with Gasteiger partial charge in [0.15, 0.2) is 26.6 Å². The van der Waals surface area contributed by atoms with E-state index in [1.807, 2.05) is 33.9 Å². The first kappa shape index (κ1) is 37.7. The van der Waals surface area contributed by atoms with Crippen LogP contribution in [0.4, 0.5) is 0 Å². The van der Waals surface area contributed by atoms with Crippen LogP contribution in [0, 0.1) is 16.2 Å². The fourth-order valence-electron chi connectivity index (χ4n) is 3.04. The summed E-state index contributed by atoms with van der Waals surface area (Å²) in [6.07, 6.45) is -7.75. The van der Waals surface area contributed by atoms with Crippen LogP contribution in [0.1, 0.15) is 83.1 Å². The van der Waals surface area contributed by atoms with Crippen molar-refractivity contribution >= 4 is 34.0 Å². The molecule has 0 radical (unpaired) electrons. The van der Waals surface area contributed by atoms with Gasteiger partial charge in [0.2, 0.25) is 6.29 Å². The topological polar surface area (TPSA) is 164 Å². The molecule has 1 heterocycles. The molecule has 14 heteroatoms. The molecule has 0 aromatic carbocycles. The molecule has 0 bridgehead atoms. The second-order valence-corrected chi connectivity index (χ2v) is 21.1. The second kappa shape index (κ2) is 12.7. The highest BCUT2D eigenvalue weighted by atomic mass is 31.2. The van der Waals surface area contributed by atoms with Crippen molar-refractivity contribution in [2.24, 2.45) is 16.2 Å². The quantitative estimate of drug-likeness (QED) is 0.165. The predicted molar refractivity (Wildman–Crippen MR) is 153 cm³/mol. The van der Waals surface area contributed by atoms with Crippen molar-refractivity contribution < 1.29 is 56.6 Å². The summed E-state index contributed by atoms with van der Waals surface area (Å²) in [7, 11) is -7.65. The number of phosphoric ester groups is 1. The van der Waals surface area contributed by atoms with Gasteiger partial charge in [0.25, 0.3) is 0 Å². The largest absolute Gasteiger partial charge is 0.472 e. The molecule has 1 saturated heterocycles. The highest BCUT2D eigenvalue weighted by molar-refractivity contribution is 7.46. The average molecular weight is 627 g/mol. The van der Waals surface area contributed by atoms with Crippen LogP contribution in [-0.4, -0.2) is 73.3 Å². The van der Waals surface area contributed by atoms with E-state index in [1.165, 1.54) is 0 Å². The van der Waals surface area contributed by atoms with Crippen molar-refractivity contribution in [2.75, 3.05) is 6.61 Å². The molecule has 1 rings (SSSR count). The molecule has 0 saturated carbocycles. The molecule has 0 spiro atoms. The third-order valence-electron chi connectivity index (χ3n) is 6.81. The lowest BCUT2D eigenvalue weighted by molar-refractivity contribution is -0.294. The molecule has 5 atom stereocenters. The Bertz CT molecular complexity index is 994. The van der Waals surface area contributed by atoms with Crippen molar-refractivity contribution in [3.05, 3.63) is 0 Å². The van der Waals surface area contributed by atoms with Gasteiger partial charge in [-0.1, -0.05) is 20.8 Å². The van der Waals surface area contributed by atoms with Crippen molar-refractivity contribution in [3.8, 4) is 0 Å². The standard InChI is InChI=1S/C27H51O12PSi/c1-24(2,3)21(28)36-17-16(15-34-41(13,14)27(10,11)12)35-20(39-40(31,32)33)19(38-23(30)26(7,8)9)18(17)37-22(29)25(4,5)6/h16-20H,15H2,1-14H3,(H2,31,32,33)/t16-,17-,18+,19-,20+/m1/s1. The first-order valence-corrected chi connectivity index (χ1v) is 18.1. The number of carbonyl (C=O) groups is 3. The molecule has 0 aromatic heterocycles. The Morgan fingerprint density at radius 1 is 0.707 bits per heavy atom. The highest BCUT2D eigenvalue weighted by Crippen LogP contribution is 2.44. The van der Waals surface area contributed by atoms with Gasteiger partial charge in [-0.25, -0.2) is 4.57 Å². The van der Waals surface area contributed by atoms with Gasteiger partial charge in [-0.15, -0.1) is 0 Å². The maximum absolute atomic E-state index is 13.2. The van der Waals surface area contributed by atoms with Gasteiger partial charge in [0.05, 0.1) is 22.9 Å². The van der Waals surface area contributed by atoms with Crippen LogP contribution in [-0.2, 0) is 46.8 Å². The molecular weight excluding hydrogens is 575 g/mol. The minimum absolute atomic E-state index is 0.191. The number of carbonyl (C=O) groups excluding carboxylic acids is 3. The molecule has 1 aliphatic rings. The van der Waals surface area contributed by atoms with E-state index in [4.69, 9.17) is 27.9 Å². The zero-order chi connectivity index (χ0) is 32.6. The maximum Gasteiger partial charge on any atom is 0.472 e. The van der Waals surface area contributed by atoms with E-state index in [0.717, 1.165) is 0 Å². The van der Waals surface area contributed by atoms with Crippen molar-refractivity contribution in [1.29, 1.82) is 0 Å². The Kier molecular flexibility index (Phi) is 11.7. The molecule has 0 aromatic rings. The lowest BCUT2D eigenvalue weighted by Crippen LogP contribution is -2.64. The van der Waals surface area contributed by atoms with Crippen LogP contribution in [0.5, 0.6) is 0 Å². The van der Waals surface area contributed by atoms with Crippen molar-refractivity contribution in [2.45, 2.75) is 132 Å². The zero-order valence-electron chi connectivity index (χ0n) is 27.0. The summed E-state index contributed by atoms with van der Waals surface area (Å²) < 4.78 is 46.6. The molecule has 0 amide bonds. The van der Waals surface area contributed by atoms with E-state index >= 15 is 0 Å². The summed E-state index contributed by atoms with van der Waals surface area (Å²) in [5.74, 6) is -2.20. The third kappa shape index (κ3) is 11.0. The van der Waals surface area contributed by atoms with E-state index in [1.54, 1.807) is 62.3 Å². The van der Waals surface area contributed by atoms with Crippen molar-refractivity contribution in [3.63, 3.8) is 0 Å². The number of esters is 3. The summed E-state index contributed by atoms with van der Waals surface area (Å²) in [4.78, 5) is 58.7. The Morgan fingerprint density at radius 2 is 1.07 bits per heavy atom. The normalized spacial score (nSPS) is 24.9. The number of phosphoric acid groups is 1. The minimum atomic E-state index is -5.22. The second-order valence-electron chi connectivity index (χ2n) is 15.1. The zero-order valence-corrected chi connectivity index (χ0v) is 28.9. The highest BCUT2D eigenvalue weighted by Gasteiger charge is 2.56. The molecular formula is C27H51O12PSi. The summed E-state index contributed by atoms with van der Waals surface area (Å²) >= 11 is 0. The van der Waals surface area contributed by atoms with Gasteiger partial charge >= 0.3 is 25.7 Å². The van der Waals surface area contributed by atoms with Gasteiger partial charge in [-0.05, 0) is 80.4 Å². The molecule has 0 unspecified atom stereocenters. The van der Waals surface area contributed by atoms with E-state index < -0.39 is 81.0 Å². The van der Waals surface area contributed by atoms with Gasteiger partial charge in [-0.3, -0.25) is 18.9 Å². The number of hydrogen-bond acceptors (Lipinski definition) is 10. The third-order valence-corrected chi connectivity index (χ3v) is 11.8. The lowest BCUT2D eigenvalue weighted by Gasteiger charge is -2.46. The Labute approximate surface area is 245 Å². The lowest BCUT2D eigenvalue weighted by atomic mass is 9.93. The monoisotopic (exact) mass is 626 g/mol. The Morgan fingerprint density at radius 3 is 1.41 bits per heavy atom. The minimum Gasteiger partial charge on any atom is -0.455 e. The SMILES string of the molecule is CC(C)(C)C(=O)O[C@@H]1[C@@H](OC(=O)C(C)(C)C)[C@H](OP(=O)(O)O)O[C@H](CO[Si](C)(C)C(C)(C)C)[C@H]1OC(=O)C(C)(C)C. The first-order valence-electron chi connectivity index (χ1n) is 13.6. The van der Waals surface area contributed by atoms with E-state index in [-0.39, 0.29) is 11.6 Å². The van der Waals surface area contributed by atoms with Gasteiger partial charge in [-0.2, -0.15) is 0 Å². The smallest absolute Gasteiger partial charge is 0.455 e. The maximum atomic E-state index is 13.2. The average Bonchev–Trinajstić information content (AvgIpc) is 2.72. The molecule has 1 fully saturated rings. The fourth-order valence-corrected chi connectivity index (χ4v) is 4.50. The first-order chi connectivity index (χ1) is 18.0.